The lowest BCUT2D eigenvalue weighted by atomic mass is 9.98. The van der Waals surface area contributed by atoms with Crippen LogP contribution in [-0.2, 0) is 11.3 Å². The summed E-state index contributed by atoms with van der Waals surface area (Å²) in [5.74, 6) is 2.31. The molecule has 6 nitrogen and oxygen atoms in total. The van der Waals surface area contributed by atoms with Gasteiger partial charge >= 0.3 is 0 Å². The highest BCUT2D eigenvalue weighted by atomic mass is 16.5. The molecule has 1 aliphatic rings. The van der Waals surface area contributed by atoms with Gasteiger partial charge in [0.1, 0.15) is 0 Å². The normalized spacial score (nSPS) is 15.2. The van der Waals surface area contributed by atoms with E-state index in [9.17, 15) is 0 Å². The molecule has 0 radical (unpaired) electrons. The Morgan fingerprint density at radius 1 is 1.00 bits per heavy atom. The van der Waals surface area contributed by atoms with Crippen LogP contribution in [0, 0.1) is 0 Å². The highest BCUT2D eigenvalue weighted by Crippen LogP contribution is 2.27. The molecular formula is C23H39N3O3. The quantitative estimate of drug-likeness (QED) is 0.309. The van der Waals surface area contributed by atoms with Crippen LogP contribution in [0.4, 0.5) is 0 Å². The molecule has 0 aromatic heterocycles. The summed E-state index contributed by atoms with van der Waals surface area (Å²) in [6, 6.07) is 5.90. The molecule has 29 heavy (non-hydrogen) atoms. The number of guanidine groups is 1. The van der Waals surface area contributed by atoms with Crippen LogP contribution < -0.4 is 20.1 Å². The third-order valence-electron chi connectivity index (χ3n) is 5.23. The van der Waals surface area contributed by atoms with E-state index < -0.39 is 0 Å². The number of benzene rings is 1. The minimum absolute atomic E-state index is 0.519. The number of nitrogens with one attached hydrogen (secondary N) is 2. The van der Waals surface area contributed by atoms with Crippen molar-refractivity contribution >= 4 is 5.96 Å². The van der Waals surface area contributed by atoms with Crippen LogP contribution in [-0.4, -0.2) is 46.0 Å². The highest BCUT2D eigenvalue weighted by Gasteiger charge is 2.12. The summed E-state index contributed by atoms with van der Waals surface area (Å²) in [6.07, 6.45) is 10.5. The number of unbranched alkanes of at least 4 members (excludes halogenated alkanes) is 2. The number of ether oxygens (including phenoxy) is 3. The van der Waals surface area contributed by atoms with Crippen LogP contribution in [0.5, 0.6) is 11.5 Å². The van der Waals surface area contributed by atoms with Crippen LogP contribution in [0.2, 0.25) is 0 Å². The van der Waals surface area contributed by atoms with E-state index in [0.717, 1.165) is 55.6 Å². The molecule has 0 heterocycles. The van der Waals surface area contributed by atoms with Crippen molar-refractivity contribution < 1.29 is 14.2 Å². The zero-order valence-electron chi connectivity index (χ0n) is 18.5. The highest BCUT2D eigenvalue weighted by molar-refractivity contribution is 5.79. The van der Waals surface area contributed by atoms with Gasteiger partial charge in [-0.25, -0.2) is 4.99 Å². The van der Waals surface area contributed by atoms with E-state index in [2.05, 4.69) is 22.5 Å². The lowest BCUT2D eigenvalue weighted by molar-refractivity contribution is 0.0264. The van der Waals surface area contributed by atoms with Crippen LogP contribution >= 0.6 is 0 Å². The molecule has 6 heteroatoms. The lowest BCUT2D eigenvalue weighted by Gasteiger charge is -2.21. The van der Waals surface area contributed by atoms with Gasteiger partial charge in [0.15, 0.2) is 17.5 Å². The molecule has 0 saturated heterocycles. The van der Waals surface area contributed by atoms with Crippen LogP contribution in [0.1, 0.15) is 63.9 Å². The summed E-state index contributed by atoms with van der Waals surface area (Å²) in [7, 11) is 3.29. The molecule has 1 fully saturated rings. The van der Waals surface area contributed by atoms with E-state index in [4.69, 9.17) is 14.2 Å². The zero-order valence-corrected chi connectivity index (χ0v) is 18.5. The molecule has 0 atom stereocenters. The summed E-state index contributed by atoms with van der Waals surface area (Å²) in [5, 5.41) is 6.73. The second kappa shape index (κ2) is 14.1. The summed E-state index contributed by atoms with van der Waals surface area (Å²) in [5.41, 5.74) is 1.08. The fraction of sp³-hybridized carbons (Fsp3) is 0.696. The SMILES string of the molecule is CCNC(=NCc1ccc(OC)c(OC)c1)NCCCCCOC1CCCCC1. The van der Waals surface area contributed by atoms with Gasteiger partial charge in [-0.3, -0.25) is 0 Å². The standard InChI is InChI=1S/C23H39N3O3/c1-4-24-23(26-18-19-13-14-21(27-2)22(17-19)28-3)25-15-9-6-10-16-29-20-11-7-5-8-12-20/h13-14,17,20H,4-12,15-16,18H2,1-3H3,(H2,24,25,26). The van der Waals surface area contributed by atoms with E-state index in [-0.39, 0.29) is 0 Å². The maximum absolute atomic E-state index is 6.00. The largest absolute Gasteiger partial charge is 0.493 e. The fourth-order valence-corrected chi connectivity index (χ4v) is 3.58. The van der Waals surface area contributed by atoms with Crippen molar-refractivity contribution in [1.82, 2.24) is 10.6 Å². The van der Waals surface area contributed by atoms with Crippen LogP contribution in [0.3, 0.4) is 0 Å². The molecule has 0 aliphatic heterocycles. The monoisotopic (exact) mass is 405 g/mol. The minimum Gasteiger partial charge on any atom is -0.493 e. The smallest absolute Gasteiger partial charge is 0.191 e. The molecule has 2 rings (SSSR count). The topological polar surface area (TPSA) is 64.1 Å². The van der Waals surface area contributed by atoms with Gasteiger partial charge in [-0.1, -0.05) is 25.3 Å². The van der Waals surface area contributed by atoms with E-state index >= 15 is 0 Å². The molecule has 0 amide bonds. The summed E-state index contributed by atoms with van der Waals surface area (Å²) in [6.45, 7) is 5.33. The van der Waals surface area contributed by atoms with Crippen molar-refractivity contribution in [2.45, 2.75) is 70.9 Å². The lowest BCUT2D eigenvalue weighted by Crippen LogP contribution is -2.37. The molecule has 1 saturated carbocycles. The van der Waals surface area contributed by atoms with Crippen LogP contribution in [0.15, 0.2) is 23.2 Å². The first kappa shape index (κ1) is 23.3. The molecule has 1 aromatic rings. The zero-order chi connectivity index (χ0) is 20.7. The van der Waals surface area contributed by atoms with Gasteiger partial charge in [-0.2, -0.15) is 0 Å². The molecule has 1 aliphatic carbocycles. The van der Waals surface area contributed by atoms with Gasteiger partial charge in [-0.05, 0) is 56.7 Å². The van der Waals surface area contributed by atoms with Crippen LogP contribution in [0.25, 0.3) is 0 Å². The molecule has 2 N–H and O–H groups in total. The van der Waals surface area contributed by atoms with Crippen molar-refractivity contribution in [3.8, 4) is 11.5 Å². The van der Waals surface area contributed by atoms with Gasteiger partial charge in [0.2, 0.25) is 0 Å². The van der Waals surface area contributed by atoms with Crippen molar-refractivity contribution in [3.05, 3.63) is 23.8 Å². The first-order valence-corrected chi connectivity index (χ1v) is 11.1. The van der Waals surface area contributed by atoms with E-state index in [1.54, 1.807) is 14.2 Å². The molecule has 0 bridgehead atoms. The maximum atomic E-state index is 6.00. The Bertz CT molecular complexity index is 601. The average molecular weight is 406 g/mol. The minimum atomic E-state index is 0.519. The second-order valence-electron chi connectivity index (χ2n) is 7.50. The maximum Gasteiger partial charge on any atom is 0.191 e. The molecule has 164 valence electrons. The Kier molecular flexibility index (Phi) is 11.3. The predicted octanol–water partition coefficient (Wildman–Crippen LogP) is 4.28. The third-order valence-corrected chi connectivity index (χ3v) is 5.23. The molecule has 0 unspecified atom stereocenters. The number of hydrogen-bond donors (Lipinski definition) is 2. The summed E-state index contributed by atoms with van der Waals surface area (Å²) >= 11 is 0. The Labute approximate surface area is 176 Å². The molecular weight excluding hydrogens is 366 g/mol. The predicted molar refractivity (Wildman–Crippen MR) is 119 cm³/mol. The Hall–Kier alpha value is -1.95. The van der Waals surface area contributed by atoms with Gasteiger partial charge in [-0.15, -0.1) is 0 Å². The second-order valence-corrected chi connectivity index (χ2v) is 7.50. The average Bonchev–Trinajstić information content (AvgIpc) is 2.77. The number of nitrogens with zero attached hydrogens (tertiary/aromatic N) is 1. The summed E-state index contributed by atoms with van der Waals surface area (Å²) < 4.78 is 16.7. The Balaban J connectivity index is 1.66. The first-order valence-electron chi connectivity index (χ1n) is 11.1. The molecule has 0 spiro atoms. The Morgan fingerprint density at radius 2 is 1.79 bits per heavy atom. The number of hydrogen-bond acceptors (Lipinski definition) is 4. The van der Waals surface area contributed by atoms with E-state index in [0.29, 0.717) is 12.6 Å². The van der Waals surface area contributed by atoms with Crippen molar-refractivity contribution in [3.63, 3.8) is 0 Å². The van der Waals surface area contributed by atoms with E-state index in [1.807, 2.05) is 18.2 Å². The number of methoxy groups -OCH3 is 2. The van der Waals surface area contributed by atoms with Crippen molar-refractivity contribution in [2.24, 2.45) is 4.99 Å². The van der Waals surface area contributed by atoms with E-state index in [1.165, 1.54) is 38.5 Å². The van der Waals surface area contributed by atoms with Gasteiger partial charge in [0, 0.05) is 19.7 Å². The van der Waals surface area contributed by atoms with Crippen molar-refractivity contribution in [2.75, 3.05) is 33.9 Å². The third kappa shape index (κ3) is 8.94. The van der Waals surface area contributed by atoms with Gasteiger partial charge in [0.25, 0.3) is 0 Å². The number of aliphatic imine (C=N–C) groups is 1. The van der Waals surface area contributed by atoms with Crippen molar-refractivity contribution in [1.29, 1.82) is 0 Å². The fourth-order valence-electron chi connectivity index (χ4n) is 3.58. The van der Waals surface area contributed by atoms with Gasteiger partial charge < -0.3 is 24.8 Å². The Morgan fingerprint density at radius 3 is 2.52 bits per heavy atom. The summed E-state index contributed by atoms with van der Waals surface area (Å²) in [4.78, 5) is 4.68. The first-order chi connectivity index (χ1) is 14.3. The number of rotatable bonds is 12. The molecule has 1 aromatic carbocycles. The van der Waals surface area contributed by atoms with Gasteiger partial charge in [0.05, 0.1) is 26.9 Å².